The minimum Gasteiger partial charge on any atom is -0.321 e. The predicted molar refractivity (Wildman–Crippen MR) is 151 cm³/mol. The van der Waals surface area contributed by atoms with Gasteiger partial charge in [0, 0.05) is 18.7 Å². The molecule has 0 spiro atoms. The summed E-state index contributed by atoms with van der Waals surface area (Å²) in [6, 6.07) is 26.8. The molecule has 194 valence electrons. The smallest absolute Gasteiger partial charge is 0.252 e. The van der Waals surface area contributed by atoms with Crippen molar-refractivity contribution in [1.82, 2.24) is 30.1 Å². The zero-order valence-corrected chi connectivity index (χ0v) is 22.3. The zero-order valence-electron chi connectivity index (χ0n) is 22.3. The molecular weight excluding hydrogens is 472 g/mol. The van der Waals surface area contributed by atoms with Gasteiger partial charge in [0.15, 0.2) is 5.82 Å². The average Bonchev–Trinajstić information content (AvgIpc) is 3.37. The van der Waals surface area contributed by atoms with E-state index in [1.165, 1.54) is 11.1 Å². The van der Waals surface area contributed by atoms with E-state index in [2.05, 4.69) is 81.7 Å². The summed E-state index contributed by atoms with van der Waals surface area (Å²) in [7, 11) is 0. The number of rotatable bonds is 10. The Balaban J connectivity index is 1.50. The van der Waals surface area contributed by atoms with E-state index >= 15 is 0 Å². The Labute approximate surface area is 223 Å². The number of H-pyrrole nitrogens is 1. The van der Waals surface area contributed by atoms with E-state index in [0.29, 0.717) is 13.1 Å². The molecular formula is C31H34N6O. The summed E-state index contributed by atoms with van der Waals surface area (Å²) in [6.45, 7) is 8.19. The van der Waals surface area contributed by atoms with Crippen LogP contribution in [0.15, 0.2) is 83.7 Å². The highest BCUT2D eigenvalue weighted by Crippen LogP contribution is 2.26. The molecule has 0 radical (unpaired) electrons. The third-order valence-corrected chi connectivity index (χ3v) is 7.33. The Hall–Kier alpha value is -4.10. The first-order valence-electron chi connectivity index (χ1n) is 13.2. The number of aryl methyl sites for hydroxylation is 2. The number of fused-ring (bicyclic) bond motifs is 1. The van der Waals surface area contributed by atoms with Crippen molar-refractivity contribution in [2.75, 3.05) is 6.54 Å². The van der Waals surface area contributed by atoms with Gasteiger partial charge in [-0.3, -0.25) is 9.69 Å². The molecule has 0 aliphatic carbocycles. The first-order chi connectivity index (χ1) is 18.5. The van der Waals surface area contributed by atoms with Gasteiger partial charge in [-0.1, -0.05) is 79.7 Å². The second kappa shape index (κ2) is 11.5. The molecule has 2 aromatic heterocycles. The van der Waals surface area contributed by atoms with Crippen LogP contribution in [0.2, 0.25) is 0 Å². The van der Waals surface area contributed by atoms with E-state index in [-0.39, 0.29) is 11.6 Å². The fraction of sp³-hybridized carbons (Fsp3) is 0.290. The van der Waals surface area contributed by atoms with Crippen molar-refractivity contribution >= 4 is 10.9 Å². The number of nitrogens with one attached hydrogen (secondary N) is 1. The molecule has 7 heteroatoms. The van der Waals surface area contributed by atoms with Gasteiger partial charge >= 0.3 is 0 Å². The minimum absolute atomic E-state index is 0.0496. The quantitative estimate of drug-likeness (QED) is 0.275. The molecule has 0 amide bonds. The summed E-state index contributed by atoms with van der Waals surface area (Å²) >= 11 is 0. The molecule has 3 aromatic carbocycles. The molecule has 2 heterocycles. The Morgan fingerprint density at radius 1 is 0.921 bits per heavy atom. The SMILES string of the molecule is CC[C@H](c1nnnn1Cc1ccccc1)N(CCc1ccccc1C)Cc1cc2cccc(C)c2[nH]c1=O. The van der Waals surface area contributed by atoms with Gasteiger partial charge in [-0.25, -0.2) is 4.68 Å². The highest BCUT2D eigenvalue weighted by molar-refractivity contribution is 5.81. The van der Waals surface area contributed by atoms with E-state index < -0.39 is 0 Å². The van der Waals surface area contributed by atoms with E-state index in [1.807, 2.05) is 48.0 Å². The summed E-state index contributed by atoms with van der Waals surface area (Å²) < 4.78 is 1.89. The molecule has 0 bridgehead atoms. The van der Waals surface area contributed by atoms with Crippen LogP contribution in [0.4, 0.5) is 0 Å². The lowest BCUT2D eigenvalue weighted by atomic mass is 10.0. The normalized spacial score (nSPS) is 12.3. The Kier molecular flexibility index (Phi) is 7.75. The lowest BCUT2D eigenvalue weighted by molar-refractivity contribution is 0.172. The largest absolute Gasteiger partial charge is 0.321 e. The minimum atomic E-state index is -0.0506. The van der Waals surface area contributed by atoms with Crippen molar-refractivity contribution in [3.8, 4) is 0 Å². The summed E-state index contributed by atoms with van der Waals surface area (Å²) in [5.74, 6) is 0.814. The number of aromatic amines is 1. The fourth-order valence-corrected chi connectivity index (χ4v) is 5.19. The van der Waals surface area contributed by atoms with Gasteiger partial charge in [-0.05, 0) is 70.8 Å². The second-order valence-corrected chi connectivity index (χ2v) is 9.91. The third kappa shape index (κ3) is 5.58. The van der Waals surface area contributed by atoms with Crippen LogP contribution in [-0.2, 0) is 19.5 Å². The molecule has 0 unspecified atom stereocenters. The van der Waals surface area contributed by atoms with Crippen molar-refractivity contribution in [2.24, 2.45) is 0 Å². The lowest BCUT2D eigenvalue weighted by Crippen LogP contribution is -2.34. The molecule has 0 saturated carbocycles. The zero-order chi connectivity index (χ0) is 26.5. The van der Waals surface area contributed by atoms with Gasteiger partial charge in [-0.2, -0.15) is 0 Å². The Morgan fingerprint density at radius 3 is 2.47 bits per heavy atom. The van der Waals surface area contributed by atoms with Crippen LogP contribution in [0, 0.1) is 13.8 Å². The number of pyridine rings is 1. The highest BCUT2D eigenvalue weighted by Gasteiger charge is 2.26. The molecule has 0 aliphatic rings. The van der Waals surface area contributed by atoms with E-state index in [1.54, 1.807) is 0 Å². The number of hydrogen-bond acceptors (Lipinski definition) is 5. The molecule has 0 saturated heterocycles. The van der Waals surface area contributed by atoms with Crippen molar-refractivity contribution in [3.05, 3.63) is 123 Å². The Morgan fingerprint density at radius 2 is 1.68 bits per heavy atom. The topological polar surface area (TPSA) is 79.7 Å². The van der Waals surface area contributed by atoms with Gasteiger partial charge in [-0.15, -0.1) is 5.10 Å². The Bertz CT molecular complexity index is 1570. The van der Waals surface area contributed by atoms with Gasteiger partial charge in [0.25, 0.3) is 5.56 Å². The maximum absolute atomic E-state index is 13.2. The first-order valence-corrected chi connectivity index (χ1v) is 13.2. The molecule has 5 aromatic rings. The lowest BCUT2D eigenvalue weighted by Gasteiger charge is -2.30. The van der Waals surface area contributed by atoms with Gasteiger partial charge in [0.05, 0.1) is 18.1 Å². The molecule has 0 aliphatic heterocycles. The maximum Gasteiger partial charge on any atom is 0.252 e. The second-order valence-electron chi connectivity index (χ2n) is 9.91. The average molecular weight is 507 g/mol. The fourth-order valence-electron chi connectivity index (χ4n) is 5.19. The third-order valence-electron chi connectivity index (χ3n) is 7.33. The van der Waals surface area contributed by atoms with Crippen LogP contribution >= 0.6 is 0 Å². The summed E-state index contributed by atoms with van der Waals surface area (Å²) in [5, 5.41) is 13.9. The van der Waals surface area contributed by atoms with Crippen molar-refractivity contribution in [3.63, 3.8) is 0 Å². The molecule has 0 fully saturated rings. The van der Waals surface area contributed by atoms with E-state index in [9.17, 15) is 4.79 Å². The van der Waals surface area contributed by atoms with E-state index in [4.69, 9.17) is 0 Å². The summed E-state index contributed by atoms with van der Waals surface area (Å²) in [4.78, 5) is 18.7. The van der Waals surface area contributed by atoms with Gasteiger partial charge in [0.1, 0.15) is 0 Å². The molecule has 5 rings (SSSR count). The number of para-hydroxylation sites is 1. The van der Waals surface area contributed by atoms with Crippen molar-refractivity contribution in [1.29, 1.82) is 0 Å². The molecule has 1 atom stereocenters. The standard InChI is InChI=1S/C31H34N6O/c1-4-28(30-33-34-35-37(30)20-24-13-6-5-7-14-24)36(18-17-25-15-9-8-11-22(25)2)21-27-19-26-16-10-12-23(3)29(26)32-31(27)38/h5-16,19,28H,4,17-18,20-21H2,1-3H3,(H,32,38)/t28-/m1/s1. The monoisotopic (exact) mass is 506 g/mol. The highest BCUT2D eigenvalue weighted by atomic mass is 16.1. The van der Waals surface area contributed by atoms with Crippen LogP contribution in [-0.4, -0.2) is 36.6 Å². The summed E-state index contributed by atoms with van der Waals surface area (Å²) in [5.41, 5.74) is 6.37. The van der Waals surface area contributed by atoms with Crippen LogP contribution in [0.1, 0.15) is 53.0 Å². The van der Waals surface area contributed by atoms with Crippen LogP contribution < -0.4 is 5.56 Å². The maximum atomic E-state index is 13.2. The number of aromatic nitrogens is 5. The number of hydrogen-bond donors (Lipinski definition) is 1. The summed E-state index contributed by atoms with van der Waals surface area (Å²) in [6.07, 6.45) is 1.68. The van der Waals surface area contributed by atoms with E-state index in [0.717, 1.165) is 52.8 Å². The van der Waals surface area contributed by atoms with Crippen molar-refractivity contribution in [2.45, 2.75) is 52.7 Å². The predicted octanol–water partition coefficient (Wildman–Crippen LogP) is 5.38. The molecule has 38 heavy (non-hydrogen) atoms. The number of benzene rings is 3. The molecule has 1 N–H and O–H groups in total. The first kappa shape index (κ1) is 25.5. The number of tetrazole rings is 1. The number of nitrogens with zero attached hydrogens (tertiary/aromatic N) is 5. The molecule has 7 nitrogen and oxygen atoms in total. The van der Waals surface area contributed by atoms with Gasteiger partial charge in [0.2, 0.25) is 0 Å². The van der Waals surface area contributed by atoms with Crippen LogP contribution in [0.3, 0.4) is 0 Å². The van der Waals surface area contributed by atoms with Gasteiger partial charge < -0.3 is 4.98 Å². The van der Waals surface area contributed by atoms with Crippen molar-refractivity contribution < 1.29 is 0 Å². The van der Waals surface area contributed by atoms with Crippen LogP contribution in [0.25, 0.3) is 10.9 Å². The van der Waals surface area contributed by atoms with Crippen LogP contribution in [0.5, 0.6) is 0 Å².